The SMILES string of the molecule is COc1cccc(CCN(CCNS(=O)(=O)c2cccc(C)c2)C(C)=O)c1. The Labute approximate surface area is 161 Å². The van der Waals surface area contributed by atoms with Crippen LogP contribution in [0.3, 0.4) is 0 Å². The van der Waals surface area contributed by atoms with Gasteiger partial charge in [-0.05, 0) is 48.7 Å². The second-order valence-corrected chi connectivity index (χ2v) is 8.09. The van der Waals surface area contributed by atoms with Crippen LogP contribution in [0.25, 0.3) is 0 Å². The van der Waals surface area contributed by atoms with Crippen molar-refractivity contribution in [2.45, 2.75) is 25.2 Å². The summed E-state index contributed by atoms with van der Waals surface area (Å²) in [7, 11) is -1.97. The third-order valence-electron chi connectivity index (χ3n) is 4.22. The van der Waals surface area contributed by atoms with Crippen LogP contribution in [0.15, 0.2) is 53.4 Å². The van der Waals surface area contributed by atoms with Gasteiger partial charge in [0.25, 0.3) is 0 Å². The third kappa shape index (κ3) is 6.37. The molecule has 0 saturated carbocycles. The number of sulfonamides is 1. The molecule has 0 aromatic heterocycles. The number of nitrogens with one attached hydrogen (secondary N) is 1. The van der Waals surface area contributed by atoms with Crippen molar-refractivity contribution in [2.75, 3.05) is 26.7 Å². The number of carbonyl (C=O) groups excluding carboxylic acids is 1. The van der Waals surface area contributed by atoms with Crippen LogP contribution >= 0.6 is 0 Å². The largest absolute Gasteiger partial charge is 0.497 e. The van der Waals surface area contributed by atoms with E-state index in [4.69, 9.17) is 4.74 Å². The van der Waals surface area contributed by atoms with Crippen LogP contribution in [0, 0.1) is 6.92 Å². The predicted octanol–water partition coefficient (Wildman–Crippen LogP) is 2.37. The van der Waals surface area contributed by atoms with E-state index in [1.165, 1.54) is 6.92 Å². The molecule has 0 fully saturated rings. The highest BCUT2D eigenvalue weighted by Gasteiger charge is 2.15. The normalized spacial score (nSPS) is 11.2. The fourth-order valence-electron chi connectivity index (χ4n) is 2.70. The molecule has 0 aliphatic carbocycles. The van der Waals surface area contributed by atoms with Crippen molar-refractivity contribution in [3.05, 3.63) is 59.7 Å². The van der Waals surface area contributed by atoms with E-state index in [-0.39, 0.29) is 17.3 Å². The Kier molecular flexibility index (Phi) is 7.38. The molecular formula is C20H26N2O4S. The molecule has 2 aromatic rings. The van der Waals surface area contributed by atoms with Crippen LogP contribution in [0.5, 0.6) is 5.75 Å². The van der Waals surface area contributed by atoms with E-state index in [0.29, 0.717) is 19.5 Å². The van der Waals surface area contributed by atoms with Gasteiger partial charge in [0.1, 0.15) is 5.75 Å². The summed E-state index contributed by atoms with van der Waals surface area (Å²) in [5.74, 6) is 0.681. The first-order valence-electron chi connectivity index (χ1n) is 8.76. The highest BCUT2D eigenvalue weighted by Crippen LogP contribution is 2.13. The van der Waals surface area contributed by atoms with E-state index in [2.05, 4.69) is 4.72 Å². The lowest BCUT2D eigenvalue weighted by molar-refractivity contribution is -0.128. The lowest BCUT2D eigenvalue weighted by atomic mass is 10.1. The number of hydrogen-bond donors (Lipinski definition) is 1. The summed E-state index contributed by atoms with van der Waals surface area (Å²) in [6, 6.07) is 14.4. The van der Waals surface area contributed by atoms with Gasteiger partial charge in [0.2, 0.25) is 15.9 Å². The molecule has 0 heterocycles. The molecular weight excluding hydrogens is 364 g/mol. The zero-order valence-electron chi connectivity index (χ0n) is 15.9. The summed E-state index contributed by atoms with van der Waals surface area (Å²) in [6.07, 6.45) is 0.668. The Morgan fingerprint density at radius 3 is 2.52 bits per heavy atom. The molecule has 27 heavy (non-hydrogen) atoms. The molecule has 1 N–H and O–H groups in total. The van der Waals surface area contributed by atoms with Crippen molar-refractivity contribution in [3.63, 3.8) is 0 Å². The zero-order chi connectivity index (χ0) is 19.9. The summed E-state index contributed by atoms with van der Waals surface area (Å²) >= 11 is 0. The maximum absolute atomic E-state index is 12.4. The molecule has 0 aliphatic heterocycles. The molecule has 1 amide bonds. The van der Waals surface area contributed by atoms with E-state index >= 15 is 0 Å². The lowest BCUT2D eigenvalue weighted by Crippen LogP contribution is -2.38. The van der Waals surface area contributed by atoms with E-state index in [1.54, 1.807) is 30.2 Å². The van der Waals surface area contributed by atoms with Crippen molar-refractivity contribution in [2.24, 2.45) is 0 Å². The Hall–Kier alpha value is -2.38. The van der Waals surface area contributed by atoms with E-state index in [0.717, 1.165) is 16.9 Å². The Balaban J connectivity index is 1.91. The van der Waals surface area contributed by atoms with Gasteiger partial charge >= 0.3 is 0 Å². The maximum Gasteiger partial charge on any atom is 0.240 e. The second-order valence-electron chi connectivity index (χ2n) is 6.32. The molecule has 0 aliphatic rings. The average Bonchev–Trinajstić information content (AvgIpc) is 2.64. The van der Waals surface area contributed by atoms with E-state index in [1.807, 2.05) is 37.3 Å². The smallest absolute Gasteiger partial charge is 0.240 e. The first-order valence-corrected chi connectivity index (χ1v) is 10.2. The minimum absolute atomic E-state index is 0.0901. The molecule has 0 atom stereocenters. The Morgan fingerprint density at radius 1 is 1.11 bits per heavy atom. The van der Waals surface area contributed by atoms with Gasteiger partial charge in [0, 0.05) is 26.6 Å². The molecule has 0 saturated heterocycles. The molecule has 2 aromatic carbocycles. The Bertz CT molecular complexity index is 881. The van der Waals surface area contributed by atoms with Crippen LogP contribution in [0.4, 0.5) is 0 Å². The Morgan fingerprint density at radius 2 is 1.85 bits per heavy atom. The van der Waals surface area contributed by atoms with Crippen LogP contribution < -0.4 is 9.46 Å². The summed E-state index contributed by atoms with van der Waals surface area (Å²) in [4.78, 5) is 13.7. The lowest BCUT2D eigenvalue weighted by Gasteiger charge is -2.21. The molecule has 0 spiro atoms. The quantitative estimate of drug-likeness (QED) is 0.713. The van der Waals surface area contributed by atoms with Crippen molar-refractivity contribution >= 4 is 15.9 Å². The summed E-state index contributed by atoms with van der Waals surface area (Å²) in [5.41, 5.74) is 1.93. The molecule has 2 rings (SSSR count). The number of benzene rings is 2. The monoisotopic (exact) mass is 390 g/mol. The minimum atomic E-state index is -3.58. The molecule has 146 valence electrons. The number of carbonyl (C=O) groups is 1. The summed E-state index contributed by atoms with van der Waals surface area (Å²) in [6.45, 7) is 4.31. The maximum atomic E-state index is 12.4. The molecule has 0 radical (unpaired) electrons. The highest BCUT2D eigenvalue weighted by atomic mass is 32.2. The van der Waals surface area contributed by atoms with Gasteiger partial charge in [-0.2, -0.15) is 0 Å². The third-order valence-corrected chi connectivity index (χ3v) is 5.68. The first-order chi connectivity index (χ1) is 12.8. The molecule has 7 heteroatoms. The molecule has 6 nitrogen and oxygen atoms in total. The van der Waals surface area contributed by atoms with Crippen molar-refractivity contribution < 1.29 is 17.9 Å². The highest BCUT2D eigenvalue weighted by molar-refractivity contribution is 7.89. The van der Waals surface area contributed by atoms with Crippen LogP contribution in [-0.2, 0) is 21.2 Å². The van der Waals surface area contributed by atoms with Crippen LogP contribution in [-0.4, -0.2) is 46.0 Å². The van der Waals surface area contributed by atoms with Gasteiger partial charge in [-0.3, -0.25) is 4.79 Å². The minimum Gasteiger partial charge on any atom is -0.497 e. The van der Waals surface area contributed by atoms with Crippen molar-refractivity contribution in [1.82, 2.24) is 9.62 Å². The summed E-state index contributed by atoms with van der Waals surface area (Å²) < 4.78 is 32.5. The number of hydrogen-bond acceptors (Lipinski definition) is 4. The van der Waals surface area contributed by atoms with Gasteiger partial charge in [0.05, 0.1) is 12.0 Å². The van der Waals surface area contributed by atoms with Crippen LogP contribution in [0.2, 0.25) is 0 Å². The van der Waals surface area contributed by atoms with Gasteiger partial charge in [-0.25, -0.2) is 13.1 Å². The number of ether oxygens (including phenoxy) is 1. The first kappa shape index (κ1) is 20.9. The summed E-state index contributed by atoms with van der Waals surface area (Å²) in [5, 5.41) is 0. The number of nitrogens with zero attached hydrogens (tertiary/aromatic N) is 1. The fourth-order valence-corrected chi connectivity index (χ4v) is 3.82. The number of amides is 1. The topological polar surface area (TPSA) is 75.7 Å². The zero-order valence-corrected chi connectivity index (χ0v) is 16.8. The standard InChI is InChI=1S/C20H26N2O4S/c1-16-6-4-9-20(14-16)27(24,25)21-11-13-22(17(2)23)12-10-18-7-5-8-19(15-18)26-3/h4-9,14-15,21H,10-13H2,1-3H3. The van der Waals surface area contributed by atoms with Crippen molar-refractivity contribution in [1.29, 1.82) is 0 Å². The molecule has 0 bridgehead atoms. The fraction of sp³-hybridized carbons (Fsp3) is 0.350. The van der Waals surface area contributed by atoms with Crippen LogP contribution in [0.1, 0.15) is 18.1 Å². The second kappa shape index (κ2) is 9.53. The number of methoxy groups -OCH3 is 1. The van der Waals surface area contributed by atoms with E-state index < -0.39 is 10.0 Å². The number of aryl methyl sites for hydroxylation is 1. The van der Waals surface area contributed by atoms with E-state index in [9.17, 15) is 13.2 Å². The van der Waals surface area contributed by atoms with Gasteiger partial charge in [-0.15, -0.1) is 0 Å². The average molecular weight is 391 g/mol. The molecule has 0 unspecified atom stereocenters. The van der Waals surface area contributed by atoms with Gasteiger partial charge in [0.15, 0.2) is 0 Å². The van der Waals surface area contributed by atoms with Crippen molar-refractivity contribution in [3.8, 4) is 5.75 Å². The number of rotatable bonds is 9. The van der Waals surface area contributed by atoms with Gasteiger partial charge < -0.3 is 9.64 Å². The predicted molar refractivity (Wildman–Crippen MR) is 105 cm³/mol. The van der Waals surface area contributed by atoms with Gasteiger partial charge in [-0.1, -0.05) is 24.3 Å².